The molecule has 0 amide bonds. The minimum absolute atomic E-state index is 0.273. The van der Waals surface area contributed by atoms with E-state index in [1.807, 2.05) is 0 Å². The van der Waals surface area contributed by atoms with Crippen molar-refractivity contribution < 1.29 is 24.9 Å². The van der Waals surface area contributed by atoms with Crippen LogP contribution in [-0.4, -0.2) is 33.4 Å². The third kappa shape index (κ3) is 25.3. The predicted octanol–water partition coefficient (Wildman–Crippen LogP) is 5.39. The van der Waals surface area contributed by atoms with Crippen LogP contribution < -0.4 is 0 Å². The summed E-state index contributed by atoms with van der Waals surface area (Å²) in [4.78, 5) is 20.0. The lowest BCUT2D eigenvalue weighted by molar-refractivity contribution is -0.146. The zero-order valence-electron chi connectivity index (χ0n) is 16.3. The number of carboxylic acid groups (broad SMARTS) is 2. The fourth-order valence-electron chi connectivity index (χ4n) is 2.47. The summed E-state index contributed by atoms with van der Waals surface area (Å²) in [5.41, 5.74) is 0. The first-order valence-corrected chi connectivity index (χ1v) is 10.1. The topological polar surface area (TPSA) is 94.8 Å². The number of carbonyl (C=O) groups is 2. The van der Waals surface area contributed by atoms with E-state index in [9.17, 15) is 9.59 Å². The van der Waals surface area contributed by atoms with Gasteiger partial charge in [-0.05, 0) is 12.8 Å². The van der Waals surface area contributed by atoms with Crippen LogP contribution in [0.3, 0.4) is 0 Å². The number of hydrogen-bond acceptors (Lipinski definition) is 3. The molecule has 0 spiro atoms. The normalized spacial score (nSPS) is 11.5. The predicted molar refractivity (Wildman–Crippen MR) is 102 cm³/mol. The van der Waals surface area contributed by atoms with Crippen molar-refractivity contribution in [2.75, 3.05) is 0 Å². The Morgan fingerprint density at radius 1 is 0.680 bits per heavy atom. The van der Waals surface area contributed by atoms with E-state index in [1.165, 1.54) is 70.6 Å². The van der Waals surface area contributed by atoms with Gasteiger partial charge in [0.05, 0.1) is 0 Å². The number of aliphatic hydroxyl groups is 1. The molecule has 0 aliphatic rings. The summed E-state index contributed by atoms with van der Waals surface area (Å²) < 4.78 is 0. The lowest BCUT2D eigenvalue weighted by Crippen LogP contribution is -2.17. The SMILES string of the molecule is CCC(O)C(=O)O.CCCCCCCCCCCCCCCC(=O)O. The first-order chi connectivity index (χ1) is 12.0. The molecule has 0 aromatic rings. The monoisotopic (exact) mass is 360 g/mol. The molecule has 1 atom stereocenters. The molecule has 5 heteroatoms. The molecule has 0 rings (SSSR count). The van der Waals surface area contributed by atoms with E-state index in [2.05, 4.69) is 6.92 Å². The van der Waals surface area contributed by atoms with Gasteiger partial charge in [0.15, 0.2) is 6.10 Å². The molecule has 3 N–H and O–H groups in total. The number of rotatable bonds is 16. The van der Waals surface area contributed by atoms with Gasteiger partial charge in [0, 0.05) is 6.42 Å². The van der Waals surface area contributed by atoms with E-state index in [0.29, 0.717) is 6.42 Å². The van der Waals surface area contributed by atoms with Crippen molar-refractivity contribution in [2.45, 2.75) is 116 Å². The van der Waals surface area contributed by atoms with Crippen LogP contribution in [0, 0.1) is 0 Å². The first kappa shape index (κ1) is 26.1. The van der Waals surface area contributed by atoms with Crippen LogP contribution >= 0.6 is 0 Å². The van der Waals surface area contributed by atoms with Crippen molar-refractivity contribution in [3.8, 4) is 0 Å². The van der Waals surface area contributed by atoms with Gasteiger partial charge in [-0.15, -0.1) is 0 Å². The molecule has 0 aliphatic heterocycles. The molecule has 5 nitrogen and oxygen atoms in total. The number of hydrogen-bond donors (Lipinski definition) is 3. The Balaban J connectivity index is 0. The van der Waals surface area contributed by atoms with Gasteiger partial charge >= 0.3 is 11.9 Å². The Hall–Kier alpha value is -1.10. The molecule has 0 heterocycles. The summed E-state index contributed by atoms with van der Waals surface area (Å²) in [5.74, 6) is -1.81. The highest BCUT2D eigenvalue weighted by Crippen LogP contribution is 2.12. The molecule has 0 aromatic carbocycles. The van der Waals surface area contributed by atoms with Crippen LogP contribution in [0.5, 0.6) is 0 Å². The fourth-order valence-corrected chi connectivity index (χ4v) is 2.47. The van der Waals surface area contributed by atoms with Gasteiger partial charge in [0.2, 0.25) is 0 Å². The molecule has 150 valence electrons. The molecule has 0 fully saturated rings. The highest BCUT2D eigenvalue weighted by molar-refractivity contribution is 5.71. The van der Waals surface area contributed by atoms with Crippen molar-refractivity contribution >= 4 is 11.9 Å². The molecule has 0 saturated carbocycles. The number of unbranched alkanes of at least 4 members (excludes halogenated alkanes) is 12. The Morgan fingerprint density at radius 2 is 1.04 bits per heavy atom. The quantitative estimate of drug-likeness (QED) is 0.321. The lowest BCUT2D eigenvalue weighted by Gasteiger charge is -2.02. The van der Waals surface area contributed by atoms with Crippen LogP contribution in [0.4, 0.5) is 0 Å². The summed E-state index contributed by atoms with van der Waals surface area (Å²) in [7, 11) is 0. The van der Waals surface area contributed by atoms with E-state index in [-0.39, 0.29) is 6.42 Å². The van der Waals surface area contributed by atoms with E-state index in [0.717, 1.165) is 12.8 Å². The van der Waals surface area contributed by atoms with Crippen LogP contribution in [0.25, 0.3) is 0 Å². The van der Waals surface area contributed by atoms with E-state index in [1.54, 1.807) is 6.92 Å². The molecule has 25 heavy (non-hydrogen) atoms. The van der Waals surface area contributed by atoms with Crippen molar-refractivity contribution in [1.82, 2.24) is 0 Å². The molecule has 0 saturated heterocycles. The van der Waals surface area contributed by atoms with E-state index >= 15 is 0 Å². The summed E-state index contributed by atoms with van der Waals surface area (Å²) in [5, 5.41) is 24.8. The smallest absolute Gasteiger partial charge is 0.332 e. The van der Waals surface area contributed by atoms with Crippen LogP contribution in [0.2, 0.25) is 0 Å². The zero-order valence-corrected chi connectivity index (χ0v) is 16.3. The maximum atomic E-state index is 10.3. The van der Waals surface area contributed by atoms with Gasteiger partial charge in [-0.1, -0.05) is 90.9 Å². The Morgan fingerprint density at radius 3 is 1.28 bits per heavy atom. The van der Waals surface area contributed by atoms with E-state index in [4.69, 9.17) is 15.3 Å². The molecule has 0 radical (unpaired) electrons. The van der Waals surface area contributed by atoms with Gasteiger partial charge in [-0.25, -0.2) is 4.79 Å². The van der Waals surface area contributed by atoms with Crippen molar-refractivity contribution in [3.05, 3.63) is 0 Å². The zero-order chi connectivity index (χ0) is 19.3. The molecular weight excluding hydrogens is 320 g/mol. The first-order valence-electron chi connectivity index (χ1n) is 10.1. The minimum Gasteiger partial charge on any atom is -0.481 e. The van der Waals surface area contributed by atoms with Crippen molar-refractivity contribution in [1.29, 1.82) is 0 Å². The van der Waals surface area contributed by atoms with Gasteiger partial charge in [-0.3, -0.25) is 4.79 Å². The Bertz CT molecular complexity index is 304. The lowest BCUT2D eigenvalue weighted by atomic mass is 10.0. The second-order valence-corrected chi connectivity index (χ2v) is 6.65. The maximum Gasteiger partial charge on any atom is 0.332 e. The summed E-state index contributed by atoms with van der Waals surface area (Å²) in [6, 6.07) is 0. The van der Waals surface area contributed by atoms with Gasteiger partial charge in [0.1, 0.15) is 0 Å². The fraction of sp³-hybridized carbons (Fsp3) is 0.900. The van der Waals surface area contributed by atoms with Gasteiger partial charge in [0.25, 0.3) is 0 Å². The molecular formula is C20H40O5. The van der Waals surface area contributed by atoms with E-state index < -0.39 is 18.0 Å². The average molecular weight is 361 g/mol. The largest absolute Gasteiger partial charge is 0.481 e. The summed E-state index contributed by atoms with van der Waals surface area (Å²) >= 11 is 0. The minimum atomic E-state index is -1.18. The second-order valence-electron chi connectivity index (χ2n) is 6.65. The summed E-state index contributed by atoms with van der Waals surface area (Å²) in [6.07, 6.45) is 16.4. The van der Waals surface area contributed by atoms with Crippen LogP contribution in [0.1, 0.15) is 110 Å². The molecule has 1 unspecified atom stereocenters. The van der Waals surface area contributed by atoms with Crippen molar-refractivity contribution in [3.63, 3.8) is 0 Å². The molecule has 0 bridgehead atoms. The number of carboxylic acids is 2. The van der Waals surface area contributed by atoms with Crippen molar-refractivity contribution in [2.24, 2.45) is 0 Å². The highest BCUT2D eigenvalue weighted by Gasteiger charge is 2.07. The Kier molecular flexibility index (Phi) is 21.9. The standard InChI is InChI=1S/C16H32O2.C4H8O3/c1-2-3-4-5-6-7-8-9-10-11-12-13-14-15-16(17)18;1-2-3(5)4(6)7/h2-15H2,1H3,(H,17,18);3,5H,2H2,1H3,(H,6,7). The van der Waals surface area contributed by atoms with Crippen LogP contribution in [0.15, 0.2) is 0 Å². The second kappa shape index (κ2) is 20.9. The third-order valence-electron chi connectivity index (χ3n) is 4.17. The molecule has 0 aliphatic carbocycles. The summed E-state index contributed by atoms with van der Waals surface area (Å²) in [6.45, 7) is 3.87. The van der Waals surface area contributed by atoms with Gasteiger partial charge < -0.3 is 15.3 Å². The number of aliphatic hydroxyl groups excluding tert-OH is 1. The van der Waals surface area contributed by atoms with Crippen LogP contribution in [-0.2, 0) is 9.59 Å². The Labute approximate surface area is 153 Å². The molecule has 0 aromatic heterocycles. The third-order valence-corrected chi connectivity index (χ3v) is 4.17. The maximum absolute atomic E-state index is 10.3. The average Bonchev–Trinajstić information content (AvgIpc) is 2.58. The van der Waals surface area contributed by atoms with Gasteiger partial charge in [-0.2, -0.15) is 0 Å². The highest BCUT2D eigenvalue weighted by atomic mass is 16.4. The number of aliphatic carboxylic acids is 2.